The lowest BCUT2D eigenvalue weighted by molar-refractivity contribution is -0.142. The smallest absolute Gasteiger partial charge is 0.326 e. The lowest BCUT2D eigenvalue weighted by Crippen LogP contribution is -2.48. The molecule has 1 amide bonds. The molecule has 2 aromatic rings. The molecule has 2 heterocycles. The zero-order valence-electron chi connectivity index (χ0n) is 12.0. The number of carboxylic acid groups (broad SMARTS) is 1. The predicted molar refractivity (Wildman–Crippen MR) is 84.7 cm³/mol. The summed E-state index contributed by atoms with van der Waals surface area (Å²) < 4.78 is 0.890. The summed E-state index contributed by atoms with van der Waals surface area (Å²) in [6.45, 7) is 2.13. The lowest BCUT2D eigenvalue weighted by Gasteiger charge is -2.35. The largest absolute Gasteiger partial charge is 0.480 e. The van der Waals surface area contributed by atoms with E-state index in [4.69, 9.17) is 0 Å². The summed E-state index contributed by atoms with van der Waals surface area (Å²) in [6.07, 6.45) is 3.66. The fourth-order valence-corrected chi connectivity index (χ4v) is 3.41. The highest BCUT2D eigenvalue weighted by Gasteiger charge is 2.36. The molecule has 5 nitrogen and oxygen atoms in total. The molecule has 1 unspecified atom stereocenters. The van der Waals surface area contributed by atoms with E-state index < -0.39 is 12.0 Å². The summed E-state index contributed by atoms with van der Waals surface area (Å²) in [5, 5.41) is 9.52. The Labute approximate surface area is 136 Å². The minimum absolute atomic E-state index is 0.253. The summed E-state index contributed by atoms with van der Waals surface area (Å²) in [6, 6.07) is 4.87. The topological polar surface area (TPSA) is 73.4 Å². The first-order valence-electron chi connectivity index (χ1n) is 6.92. The van der Waals surface area contributed by atoms with Crippen LogP contribution in [0.5, 0.6) is 0 Å². The van der Waals surface area contributed by atoms with Crippen molar-refractivity contribution in [2.24, 2.45) is 0 Å². The molecule has 1 aromatic carbocycles. The van der Waals surface area contributed by atoms with Gasteiger partial charge in [0.2, 0.25) is 0 Å². The van der Waals surface area contributed by atoms with Crippen molar-refractivity contribution in [3.05, 3.63) is 57.3 Å². The van der Waals surface area contributed by atoms with Crippen LogP contribution in [0.4, 0.5) is 0 Å². The minimum Gasteiger partial charge on any atom is -0.480 e. The minimum atomic E-state index is -0.983. The number of nitrogens with one attached hydrogen (secondary N) is 1. The average Bonchev–Trinajstić information content (AvgIpc) is 2.91. The van der Waals surface area contributed by atoms with Gasteiger partial charge in [0.15, 0.2) is 0 Å². The van der Waals surface area contributed by atoms with E-state index in [1.54, 1.807) is 12.4 Å². The molecular formula is C16H15BrN2O3. The van der Waals surface area contributed by atoms with E-state index in [2.05, 4.69) is 20.9 Å². The van der Waals surface area contributed by atoms with E-state index in [9.17, 15) is 14.7 Å². The van der Waals surface area contributed by atoms with Crippen molar-refractivity contribution in [1.82, 2.24) is 9.88 Å². The molecule has 0 saturated heterocycles. The molecule has 1 atom stereocenters. The second kappa shape index (κ2) is 5.61. The van der Waals surface area contributed by atoms with Crippen LogP contribution in [0.15, 0.2) is 35.1 Å². The van der Waals surface area contributed by atoms with E-state index >= 15 is 0 Å². The molecule has 1 aromatic heterocycles. The Morgan fingerprint density at radius 2 is 2.14 bits per heavy atom. The summed E-state index contributed by atoms with van der Waals surface area (Å²) in [4.78, 5) is 28.7. The third kappa shape index (κ3) is 2.43. The van der Waals surface area contributed by atoms with Crippen LogP contribution in [0.25, 0.3) is 0 Å². The van der Waals surface area contributed by atoms with Crippen molar-refractivity contribution in [1.29, 1.82) is 0 Å². The standard InChI is InChI=1S/C16H15BrN2O3/c1-9-6-18-7-12(9)15(20)19-8-10-3-2-4-13(17)11(10)5-14(19)16(21)22/h2-4,6-7,14,18H,5,8H2,1H3,(H,21,22). The monoisotopic (exact) mass is 362 g/mol. The van der Waals surface area contributed by atoms with Crippen molar-refractivity contribution in [2.45, 2.75) is 25.9 Å². The Balaban J connectivity index is 2.01. The highest BCUT2D eigenvalue weighted by atomic mass is 79.9. The zero-order valence-corrected chi connectivity index (χ0v) is 13.6. The van der Waals surface area contributed by atoms with Crippen LogP contribution in [0.2, 0.25) is 0 Å². The van der Waals surface area contributed by atoms with Gasteiger partial charge in [-0.3, -0.25) is 4.79 Å². The van der Waals surface area contributed by atoms with Crippen molar-refractivity contribution < 1.29 is 14.7 Å². The van der Waals surface area contributed by atoms with Crippen LogP contribution in [0, 0.1) is 6.92 Å². The summed E-state index contributed by atoms with van der Waals surface area (Å²) in [5.74, 6) is -1.24. The first-order valence-corrected chi connectivity index (χ1v) is 7.71. The number of aliphatic carboxylic acids is 1. The molecule has 3 rings (SSSR count). The van der Waals surface area contributed by atoms with Crippen LogP contribution in [0.3, 0.4) is 0 Å². The number of nitrogens with zero attached hydrogens (tertiary/aromatic N) is 1. The van der Waals surface area contributed by atoms with Crippen molar-refractivity contribution in [3.8, 4) is 0 Å². The molecule has 0 fully saturated rings. The number of benzene rings is 1. The van der Waals surface area contributed by atoms with Gasteiger partial charge in [-0.25, -0.2) is 4.79 Å². The average molecular weight is 363 g/mol. The number of hydrogen-bond donors (Lipinski definition) is 2. The Hall–Kier alpha value is -2.08. The number of carbonyl (C=O) groups is 2. The van der Waals surface area contributed by atoms with Crippen LogP contribution >= 0.6 is 15.9 Å². The normalized spacial score (nSPS) is 17.2. The van der Waals surface area contributed by atoms with E-state index in [0.29, 0.717) is 18.5 Å². The molecule has 0 aliphatic carbocycles. The molecule has 0 spiro atoms. The Morgan fingerprint density at radius 3 is 2.77 bits per heavy atom. The zero-order chi connectivity index (χ0) is 15.9. The van der Waals surface area contributed by atoms with Gasteiger partial charge in [0.25, 0.3) is 5.91 Å². The molecule has 1 aliphatic heterocycles. The van der Waals surface area contributed by atoms with Crippen LogP contribution in [0.1, 0.15) is 27.0 Å². The van der Waals surface area contributed by atoms with Crippen molar-refractivity contribution >= 4 is 27.8 Å². The lowest BCUT2D eigenvalue weighted by atomic mass is 9.93. The van der Waals surface area contributed by atoms with Gasteiger partial charge >= 0.3 is 5.97 Å². The number of carbonyl (C=O) groups excluding carboxylic acids is 1. The number of aromatic amines is 1. The van der Waals surface area contributed by atoms with Crippen LogP contribution in [-0.4, -0.2) is 32.9 Å². The molecule has 114 valence electrons. The van der Waals surface area contributed by atoms with Gasteiger partial charge in [0.1, 0.15) is 6.04 Å². The van der Waals surface area contributed by atoms with Gasteiger partial charge < -0.3 is 15.0 Å². The number of H-pyrrole nitrogens is 1. The van der Waals surface area contributed by atoms with Gasteiger partial charge in [0, 0.05) is 29.8 Å². The quantitative estimate of drug-likeness (QED) is 0.862. The maximum atomic E-state index is 12.7. The van der Waals surface area contributed by atoms with Crippen molar-refractivity contribution in [3.63, 3.8) is 0 Å². The fraction of sp³-hybridized carbons (Fsp3) is 0.250. The second-order valence-corrected chi connectivity index (χ2v) is 6.28. The van der Waals surface area contributed by atoms with E-state index in [0.717, 1.165) is 21.2 Å². The van der Waals surface area contributed by atoms with Gasteiger partial charge in [-0.15, -0.1) is 0 Å². The molecule has 22 heavy (non-hydrogen) atoms. The first-order chi connectivity index (χ1) is 10.5. The number of fused-ring (bicyclic) bond motifs is 1. The number of aromatic nitrogens is 1. The molecular weight excluding hydrogens is 348 g/mol. The first kappa shape index (κ1) is 14.8. The fourth-order valence-electron chi connectivity index (χ4n) is 2.84. The number of amides is 1. The molecule has 2 N–H and O–H groups in total. The highest BCUT2D eigenvalue weighted by molar-refractivity contribution is 9.10. The highest BCUT2D eigenvalue weighted by Crippen LogP contribution is 2.30. The number of aryl methyl sites for hydroxylation is 1. The summed E-state index contributed by atoms with van der Waals surface area (Å²) in [7, 11) is 0. The maximum absolute atomic E-state index is 12.7. The van der Waals surface area contributed by atoms with Gasteiger partial charge in [-0.1, -0.05) is 28.1 Å². The molecule has 0 saturated carbocycles. The number of rotatable bonds is 2. The van der Waals surface area contributed by atoms with Crippen molar-refractivity contribution in [2.75, 3.05) is 0 Å². The van der Waals surface area contributed by atoms with Gasteiger partial charge in [-0.05, 0) is 29.7 Å². The van der Waals surface area contributed by atoms with Crippen LogP contribution in [-0.2, 0) is 17.8 Å². The Bertz CT molecular complexity index is 754. The number of carboxylic acids is 1. The third-order valence-electron chi connectivity index (χ3n) is 4.06. The molecule has 6 heteroatoms. The third-order valence-corrected chi connectivity index (χ3v) is 4.80. The van der Waals surface area contributed by atoms with Gasteiger partial charge in [-0.2, -0.15) is 0 Å². The Morgan fingerprint density at radius 1 is 1.36 bits per heavy atom. The number of hydrogen-bond acceptors (Lipinski definition) is 2. The van der Waals surface area contributed by atoms with Gasteiger partial charge in [0.05, 0.1) is 5.56 Å². The summed E-state index contributed by atoms with van der Waals surface area (Å²) in [5.41, 5.74) is 3.28. The summed E-state index contributed by atoms with van der Waals surface area (Å²) >= 11 is 3.46. The predicted octanol–water partition coefficient (Wildman–Crippen LogP) is 2.74. The SMILES string of the molecule is Cc1c[nH]cc1C(=O)N1Cc2cccc(Br)c2CC1C(=O)O. The Kier molecular flexibility index (Phi) is 3.78. The maximum Gasteiger partial charge on any atom is 0.326 e. The number of halogens is 1. The molecule has 0 bridgehead atoms. The second-order valence-electron chi connectivity index (χ2n) is 5.42. The molecule has 0 radical (unpaired) electrons. The van der Waals surface area contributed by atoms with E-state index in [-0.39, 0.29) is 5.91 Å². The van der Waals surface area contributed by atoms with E-state index in [1.807, 2.05) is 25.1 Å². The van der Waals surface area contributed by atoms with Crippen LogP contribution < -0.4 is 0 Å². The van der Waals surface area contributed by atoms with E-state index in [1.165, 1.54) is 4.90 Å². The molecule has 1 aliphatic rings.